The second-order valence-electron chi connectivity index (χ2n) is 5.31. The Bertz CT molecular complexity index is 930. The molecule has 0 spiro atoms. The van der Waals surface area contributed by atoms with Crippen molar-refractivity contribution in [3.05, 3.63) is 74.2 Å². The zero-order chi connectivity index (χ0) is 18.5. The Kier molecular flexibility index (Phi) is 6.38. The summed E-state index contributed by atoms with van der Waals surface area (Å²) in [5.74, 6) is 0.0689. The number of thiazole rings is 1. The number of rotatable bonds is 6. The monoisotopic (exact) mass is 426 g/mol. The van der Waals surface area contributed by atoms with E-state index in [1.54, 1.807) is 24.4 Å². The minimum absolute atomic E-state index is 0.180. The molecule has 1 aromatic heterocycles. The highest BCUT2D eigenvalue weighted by Crippen LogP contribution is 2.28. The van der Waals surface area contributed by atoms with Gasteiger partial charge in [-0.15, -0.1) is 11.3 Å². The van der Waals surface area contributed by atoms with Crippen LogP contribution in [0.1, 0.15) is 10.4 Å². The zero-order valence-electron chi connectivity index (χ0n) is 13.3. The molecular weight excluding hydrogens is 415 g/mol. The standard InChI is InChI=1S/C18H13Cl3N2O2S/c19-12-5-6-16(15(21)8-12)25-10-17(24)23-18-22-9-13(26-18)7-11-3-1-2-4-14(11)20/h1-6,8-9H,7,10H2,(H,22,23,24). The molecule has 0 fully saturated rings. The van der Waals surface area contributed by atoms with E-state index in [1.807, 2.05) is 24.3 Å². The van der Waals surface area contributed by atoms with Gasteiger partial charge in [0.05, 0.1) is 5.02 Å². The largest absolute Gasteiger partial charge is 0.482 e. The van der Waals surface area contributed by atoms with Gasteiger partial charge >= 0.3 is 0 Å². The van der Waals surface area contributed by atoms with E-state index in [9.17, 15) is 4.79 Å². The average molecular weight is 428 g/mol. The predicted molar refractivity (Wildman–Crippen MR) is 107 cm³/mol. The summed E-state index contributed by atoms with van der Waals surface area (Å²) in [6.07, 6.45) is 2.38. The Morgan fingerprint density at radius 1 is 1.12 bits per heavy atom. The van der Waals surface area contributed by atoms with Crippen LogP contribution in [0.25, 0.3) is 0 Å². The van der Waals surface area contributed by atoms with E-state index < -0.39 is 0 Å². The zero-order valence-corrected chi connectivity index (χ0v) is 16.4. The summed E-state index contributed by atoms with van der Waals surface area (Å²) in [6, 6.07) is 12.4. The normalized spacial score (nSPS) is 10.6. The van der Waals surface area contributed by atoms with E-state index in [0.29, 0.717) is 32.4 Å². The van der Waals surface area contributed by atoms with Crippen LogP contribution in [0, 0.1) is 0 Å². The number of nitrogens with one attached hydrogen (secondary N) is 1. The molecule has 0 aliphatic rings. The molecule has 3 aromatic rings. The fourth-order valence-corrected chi connectivity index (χ4v) is 3.68. The molecule has 134 valence electrons. The molecule has 0 atom stereocenters. The molecule has 3 rings (SSSR count). The Morgan fingerprint density at radius 3 is 2.69 bits per heavy atom. The molecule has 0 bridgehead atoms. The maximum Gasteiger partial charge on any atom is 0.264 e. The maximum absolute atomic E-state index is 12.0. The molecule has 1 amide bonds. The van der Waals surface area contributed by atoms with Crippen LogP contribution in [0.5, 0.6) is 5.75 Å². The molecule has 8 heteroatoms. The van der Waals surface area contributed by atoms with Gasteiger partial charge in [-0.3, -0.25) is 10.1 Å². The third kappa shape index (κ3) is 5.11. The molecule has 0 radical (unpaired) electrons. The van der Waals surface area contributed by atoms with Crippen molar-refractivity contribution in [2.24, 2.45) is 0 Å². The number of aromatic nitrogens is 1. The SMILES string of the molecule is O=C(COc1ccc(Cl)cc1Cl)Nc1ncc(Cc2ccccc2Cl)s1. The quantitative estimate of drug-likeness (QED) is 0.548. The van der Waals surface area contributed by atoms with Gasteiger partial charge in [-0.1, -0.05) is 53.0 Å². The smallest absolute Gasteiger partial charge is 0.264 e. The second kappa shape index (κ2) is 8.73. The van der Waals surface area contributed by atoms with Crippen LogP contribution in [0.15, 0.2) is 48.7 Å². The summed E-state index contributed by atoms with van der Waals surface area (Å²) >= 11 is 19.4. The summed E-state index contributed by atoms with van der Waals surface area (Å²) in [5, 5.41) is 4.77. The molecule has 1 N–H and O–H groups in total. The lowest BCUT2D eigenvalue weighted by Crippen LogP contribution is -2.20. The highest BCUT2D eigenvalue weighted by atomic mass is 35.5. The number of amides is 1. The lowest BCUT2D eigenvalue weighted by Gasteiger charge is -2.07. The molecular formula is C18H13Cl3N2O2S. The van der Waals surface area contributed by atoms with Gasteiger partial charge in [0.2, 0.25) is 0 Å². The van der Waals surface area contributed by atoms with Gasteiger partial charge in [0.25, 0.3) is 5.91 Å². The summed E-state index contributed by atoms with van der Waals surface area (Å²) in [4.78, 5) is 17.2. The molecule has 0 unspecified atom stereocenters. The molecule has 0 aliphatic carbocycles. The Hall–Kier alpha value is -1.79. The highest BCUT2D eigenvalue weighted by Gasteiger charge is 2.10. The van der Waals surface area contributed by atoms with E-state index in [2.05, 4.69) is 10.3 Å². The fraction of sp³-hybridized carbons (Fsp3) is 0.111. The van der Waals surface area contributed by atoms with Crippen molar-refractivity contribution in [3.8, 4) is 5.75 Å². The third-order valence-corrected chi connectivity index (χ3v) is 5.19. The molecule has 0 saturated carbocycles. The van der Waals surface area contributed by atoms with E-state index in [1.165, 1.54) is 11.3 Å². The van der Waals surface area contributed by atoms with Crippen molar-refractivity contribution >= 4 is 57.2 Å². The fourth-order valence-electron chi connectivity index (χ4n) is 2.17. The van der Waals surface area contributed by atoms with Crippen molar-refractivity contribution in [2.75, 3.05) is 11.9 Å². The predicted octanol–water partition coefficient (Wildman–Crippen LogP) is 5.71. The van der Waals surface area contributed by atoms with Crippen molar-refractivity contribution < 1.29 is 9.53 Å². The van der Waals surface area contributed by atoms with Crippen LogP contribution in [-0.2, 0) is 11.2 Å². The third-order valence-electron chi connectivity index (χ3n) is 3.38. The molecule has 0 aliphatic heterocycles. The maximum atomic E-state index is 12.0. The van der Waals surface area contributed by atoms with E-state index >= 15 is 0 Å². The topological polar surface area (TPSA) is 51.2 Å². The number of benzene rings is 2. The number of carbonyl (C=O) groups excluding carboxylic acids is 1. The number of carbonyl (C=O) groups is 1. The average Bonchev–Trinajstić information content (AvgIpc) is 3.03. The number of ether oxygens (including phenoxy) is 1. The summed E-state index contributed by atoms with van der Waals surface area (Å²) in [6.45, 7) is -0.180. The van der Waals surface area contributed by atoms with Crippen molar-refractivity contribution in [1.29, 1.82) is 0 Å². The van der Waals surface area contributed by atoms with Gasteiger partial charge in [-0.05, 0) is 29.8 Å². The summed E-state index contributed by atoms with van der Waals surface area (Å²) in [7, 11) is 0. The van der Waals surface area contributed by atoms with Crippen LogP contribution in [0.3, 0.4) is 0 Å². The number of nitrogens with zero attached hydrogens (tertiary/aromatic N) is 1. The van der Waals surface area contributed by atoms with Gasteiger partial charge in [-0.25, -0.2) is 4.98 Å². The van der Waals surface area contributed by atoms with E-state index in [-0.39, 0.29) is 12.5 Å². The second-order valence-corrected chi connectivity index (χ2v) is 7.68. The van der Waals surface area contributed by atoms with Crippen molar-refractivity contribution in [1.82, 2.24) is 4.98 Å². The first-order valence-electron chi connectivity index (χ1n) is 7.57. The van der Waals surface area contributed by atoms with Crippen LogP contribution in [-0.4, -0.2) is 17.5 Å². The minimum Gasteiger partial charge on any atom is -0.482 e. The van der Waals surface area contributed by atoms with Crippen LogP contribution >= 0.6 is 46.1 Å². The van der Waals surface area contributed by atoms with Crippen LogP contribution in [0.4, 0.5) is 5.13 Å². The molecule has 4 nitrogen and oxygen atoms in total. The molecule has 2 aromatic carbocycles. The van der Waals surface area contributed by atoms with Gasteiger partial charge in [0, 0.05) is 27.5 Å². The molecule has 1 heterocycles. The van der Waals surface area contributed by atoms with Crippen LogP contribution < -0.4 is 10.1 Å². The van der Waals surface area contributed by atoms with Gasteiger partial charge in [0.1, 0.15) is 5.75 Å². The first-order valence-corrected chi connectivity index (χ1v) is 9.52. The minimum atomic E-state index is -0.324. The Balaban J connectivity index is 1.55. The number of hydrogen-bond donors (Lipinski definition) is 1. The first-order chi connectivity index (χ1) is 12.5. The first kappa shape index (κ1) is 19.0. The lowest BCUT2D eigenvalue weighted by molar-refractivity contribution is -0.118. The Morgan fingerprint density at radius 2 is 1.92 bits per heavy atom. The van der Waals surface area contributed by atoms with E-state index in [0.717, 1.165) is 10.4 Å². The Labute approximate surface area is 169 Å². The van der Waals surface area contributed by atoms with Crippen LogP contribution in [0.2, 0.25) is 15.1 Å². The van der Waals surface area contributed by atoms with Gasteiger partial charge < -0.3 is 4.74 Å². The van der Waals surface area contributed by atoms with E-state index in [4.69, 9.17) is 39.5 Å². The summed E-state index contributed by atoms with van der Waals surface area (Å²) < 4.78 is 5.40. The lowest BCUT2D eigenvalue weighted by atomic mass is 10.1. The van der Waals surface area contributed by atoms with Crippen molar-refractivity contribution in [2.45, 2.75) is 6.42 Å². The highest BCUT2D eigenvalue weighted by molar-refractivity contribution is 7.15. The summed E-state index contributed by atoms with van der Waals surface area (Å²) in [5.41, 5.74) is 1.01. The van der Waals surface area contributed by atoms with Gasteiger partial charge in [-0.2, -0.15) is 0 Å². The number of hydrogen-bond acceptors (Lipinski definition) is 4. The van der Waals surface area contributed by atoms with Gasteiger partial charge in [0.15, 0.2) is 11.7 Å². The molecule has 26 heavy (non-hydrogen) atoms. The molecule has 0 saturated heterocycles. The number of halogens is 3. The van der Waals surface area contributed by atoms with Crippen molar-refractivity contribution in [3.63, 3.8) is 0 Å². The number of anilines is 1.